The Kier molecular flexibility index (Phi) is 2.73. The topological polar surface area (TPSA) is 55.1 Å². The number of nitrogens with two attached hydrogens (primary N) is 1. The second-order valence-corrected chi connectivity index (χ2v) is 2.13. The Morgan fingerprint density at radius 1 is 1.89 bits per heavy atom. The van der Waals surface area contributed by atoms with E-state index >= 15 is 0 Å². The van der Waals surface area contributed by atoms with E-state index in [4.69, 9.17) is 5.84 Å². The van der Waals surface area contributed by atoms with Crippen molar-refractivity contribution in [3.05, 3.63) is 0 Å². The predicted octanol–water partition coefficient (Wildman–Crippen LogP) is -0.233. The molecule has 0 fully saturated rings. The molecular formula is C5H11FN2O. The van der Waals surface area contributed by atoms with Crippen LogP contribution >= 0.6 is 0 Å². The van der Waals surface area contributed by atoms with Gasteiger partial charge in [0.2, 0.25) is 0 Å². The van der Waals surface area contributed by atoms with Crippen molar-refractivity contribution in [1.82, 2.24) is 5.43 Å². The normalized spacial score (nSPS) is 16.9. The molecule has 0 saturated heterocycles. The Morgan fingerprint density at radius 3 is 2.44 bits per heavy atom. The monoisotopic (exact) mass is 134 g/mol. The van der Waals surface area contributed by atoms with Crippen LogP contribution < -0.4 is 11.3 Å². The van der Waals surface area contributed by atoms with Crippen molar-refractivity contribution in [3.63, 3.8) is 0 Å². The van der Waals surface area contributed by atoms with E-state index in [2.05, 4.69) is 5.43 Å². The first-order valence-electron chi connectivity index (χ1n) is 2.64. The van der Waals surface area contributed by atoms with Crippen LogP contribution in [0, 0.1) is 0 Å². The summed E-state index contributed by atoms with van der Waals surface area (Å²) in [6, 6.07) is 0. The summed E-state index contributed by atoms with van der Waals surface area (Å²) in [4.78, 5) is 10.4. The smallest absolute Gasteiger partial charge is 0.179 e. The van der Waals surface area contributed by atoms with Gasteiger partial charge >= 0.3 is 0 Å². The Labute approximate surface area is 53.4 Å². The average molecular weight is 134 g/mol. The SMILES string of the molecule is CC(=O)C(C)(F)CNN. The van der Waals surface area contributed by atoms with Crippen LogP contribution in [0.15, 0.2) is 0 Å². The molecule has 3 N–H and O–H groups in total. The number of carbonyl (C=O) groups excluding carboxylic acids is 1. The van der Waals surface area contributed by atoms with E-state index in [-0.39, 0.29) is 6.54 Å². The van der Waals surface area contributed by atoms with Gasteiger partial charge in [-0.3, -0.25) is 16.1 Å². The van der Waals surface area contributed by atoms with E-state index in [0.717, 1.165) is 0 Å². The van der Waals surface area contributed by atoms with Crippen molar-refractivity contribution in [2.45, 2.75) is 19.5 Å². The first kappa shape index (κ1) is 8.52. The summed E-state index contributed by atoms with van der Waals surface area (Å²) < 4.78 is 12.7. The first-order chi connectivity index (χ1) is 4.00. The molecule has 0 aromatic heterocycles. The molecule has 0 rings (SSSR count). The molecular weight excluding hydrogens is 123 g/mol. The number of hydrazine groups is 1. The summed E-state index contributed by atoms with van der Waals surface area (Å²) in [7, 11) is 0. The maximum absolute atomic E-state index is 12.7. The summed E-state index contributed by atoms with van der Waals surface area (Å²) in [5.74, 6) is 4.30. The highest BCUT2D eigenvalue weighted by atomic mass is 19.1. The van der Waals surface area contributed by atoms with Crippen molar-refractivity contribution in [3.8, 4) is 0 Å². The molecule has 54 valence electrons. The molecule has 0 bridgehead atoms. The standard InChI is InChI=1S/C5H11FN2O/c1-4(9)5(2,6)3-8-7/h8H,3,7H2,1-2H3. The zero-order valence-corrected chi connectivity index (χ0v) is 5.57. The van der Waals surface area contributed by atoms with Gasteiger partial charge in [-0.2, -0.15) is 0 Å². The third-order valence-corrected chi connectivity index (χ3v) is 1.17. The second kappa shape index (κ2) is 2.89. The molecule has 4 heteroatoms. The number of carbonyl (C=O) groups is 1. The molecule has 1 atom stereocenters. The fraction of sp³-hybridized carbons (Fsp3) is 0.800. The molecule has 0 radical (unpaired) electrons. The van der Waals surface area contributed by atoms with Crippen molar-refractivity contribution >= 4 is 5.78 Å². The van der Waals surface area contributed by atoms with Gasteiger partial charge in [0.25, 0.3) is 0 Å². The zero-order chi connectivity index (χ0) is 7.49. The van der Waals surface area contributed by atoms with E-state index in [1.54, 1.807) is 0 Å². The van der Waals surface area contributed by atoms with E-state index in [0.29, 0.717) is 0 Å². The van der Waals surface area contributed by atoms with Gasteiger partial charge in [0.15, 0.2) is 11.5 Å². The number of rotatable bonds is 3. The van der Waals surface area contributed by atoms with Crippen LogP contribution in [0.25, 0.3) is 0 Å². The van der Waals surface area contributed by atoms with Crippen molar-refractivity contribution in [1.29, 1.82) is 0 Å². The van der Waals surface area contributed by atoms with Crippen LogP contribution in [-0.4, -0.2) is 18.0 Å². The van der Waals surface area contributed by atoms with Gasteiger partial charge in [-0.1, -0.05) is 0 Å². The number of hydrogen-bond acceptors (Lipinski definition) is 3. The fourth-order valence-electron chi connectivity index (χ4n) is 0.316. The molecule has 0 aliphatic rings. The third kappa shape index (κ3) is 2.53. The molecule has 0 amide bonds. The zero-order valence-electron chi connectivity index (χ0n) is 5.57. The quantitative estimate of drug-likeness (QED) is 0.414. The number of hydrogen-bond donors (Lipinski definition) is 2. The minimum atomic E-state index is -1.82. The number of nitrogens with one attached hydrogen (secondary N) is 1. The summed E-state index contributed by atoms with van der Waals surface area (Å²) in [5, 5.41) is 0. The predicted molar refractivity (Wildman–Crippen MR) is 32.4 cm³/mol. The second-order valence-electron chi connectivity index (χ2n) is 2.13. The highest BCUT2D eigenvalue weighted by Crippen LogP contribution is 2.08. The van der Waals surface area contributed by atoms with Crippen LogP contribution in [0.2, 0.25) is 0 Å². The Morgan fingerprint density at radius 2 is 2.33 bits per heavy atom. The lowest BCUT2D eigenvalue weighted by atomic mass is 10.1. The van der Waals surface area contributed by atoms with Gasteiger partial charge in [-0.25, -0.2) is 4.39 Å². The Bertz CT molecular complexity index is 114. The average Bonchev–Trinajstić information content (AvgIpc) is 1.65. The lowest BCUT2D eigenvalue weighted by Crippen LogP contribution is -2.42. The van der Waals surface area contributed by atoms with Crippen LogP contribution in [0.5, 0.6) is 0 Å². The highest BCUT2D eigenvalue weighted by Gasteiger charge is 2.27. The molecule has 0 aromatic rings. The van der Waals surface area contributed by atoms with Crippen LogP contribution in [0.4, 0.5) is 4.39 Å². The van der Waals surface area contributed by atoms with Crippen molar-refractivity contribution in [2.24, 2.45) is 5.84 Å². The molecule has 0 aromatic carbocycles. The van der Waals surface area contributed by atoms with Crippen LogP contribution in [-0.2, 0) is 4.79 Å². The Balaban J connectivity index is 3.85. The summed E-state index contributed by atoms with van der Waals surface area (Å²) >= 11 is 0. The molecule has 0 spiro atoms. The highest BCUT2D eigenvalue weighted by molar-refractivity contribution is 5.84. The van der Waals surface area contributed by atoms with E-state index < -0.39 is 11.5 Å². The minimum Gasteiger partial charge on any atom is -0.296 e. The molecule has 0 aliphatic carbocycles. The summed E-state index contributed by atoms with van der Waals surface area (Å²) in [5.41, 5.74) is 0.269. The van der Waals surface area contributed by atoms with Crippen LogP contribution in [0.3, 0.4) is 0 Å². The largest absolute Gasteiger partial charge is 0.296 e. The van der Waals surface area contributed by atoms with E-state index in [1.165, 1.54) is 13.8 Å². The lowest BCUT2D eigenvalue weighted by molar-refractivity contribution is -0.127. The number of Topliss-reactive ketones (excluding diaryl/α,β-unsaturated/α-hetero) is 1. The molecule has 0 aliphatic heterocycles. The minimum absolute atomic E-state index is 0.137. The van der Waals surface area contributed by atoms with Crippen molar-refractivity contribution < 1.29 is 9.18 Å². The molecule has 0 heterocycles. The third-order valence-electron chi connectivity index (χ3n) is 1.17. The van der Waals surface area contributed by atoms with Crippen LogP contribution in [0.1, 0.15) is 13.8 Å². The van der Waals surface area contributed by atoms with E-state index in [9.17, 15) is 9.18 Å². The number of alkyl halides is 1. The maximum atomic E-state index is 12.7. The number of halogens is 1. The van der Waals surface area contributed by atoms with Gasteiger partial charge in [-0.05, 0) is 13.8 Å². The summed E-state index contributed by atoms with van der Waals surface area (Å²) in [6.07, 6.45) is 0. The lowest BCUT2D eigenvalue weighted by Gasteiger charge is -2.14. The van der Waals surface area contributed by atoms with E-state index in [1.807, 2.05) is 0 Å². The van der Waals surface area contributed by atoms with Gasteiger partial charge < -0.3 is 0 Å². The fourth-order valence-corrected chi connectivity index (χ4v) is 0.316. The molecule has 3 nitrogen and oxygen atoms in total. The maximum Gasteiger partial charge on any atom is 0.179 e. The van der Waals surface area contributed by atoms with Gasteiger partial charge in [-0.15, -0.1) is 0 Å². The van der Waals surface area contributed by atoms with Gasteiger partial charge in [0.05, 0.1) is 6.54 Å². The van der Waals surface area contributed by atoms with Crippen molar-refractivity contribution in [2.75, 3.05) is 6.54 Å². The first-order valence-corrected chi connectivity index (χ1v) is 2.64. The molecule has 9 heavy (non-hydrogen) atoms. The van der Waals surface area contributed by atoms with Gasteiger partial charge in [0, 0.05) is 0 Å². The molecule has 0 saturated carbocycles. The summed E-state index contributed by atoms with van der Waals surface area (Å²) in [6.45, 7) is 2.24. The van der Waals surface area contributed by atoms with Gasteiger partial charge in [0.1, 0.15) is 0 Å². The number of ketones is 1. The Hall–Kier alpha value is -0.480. The molecule has 1 unspecified atom stereocenters.